The van der Waals surface area contributed by atoms with Crippen LogP contribution < -0.4 is 5.84 Å². The van der Waals surface area contributed by atoms with E-state index in [1.807, 2.05) is 5.01 Å². The van der Waals surface area contributed by atoms with Crippen LogP contribution in [0.5, 0.6) is 0 Å². The zero-order chi connectivity index (χ0) is 10.3. The van der Waals surface area contributed by atoms with Gasteiger partial charge in [0.15, 0.2) is 0 Å². The molecule has 78 valence electrons. The molecule has 0 aromatic carbocycles. The number of hydrogen-bond acceptors (Lipinski definition) is 2. The van der Waals surface area contributed by atoms with Crippen LogP contribution in [0.2, 0.25) is 0 Å². The number of rotatable bonds is 7. The minimum Gasteiger partial charge on any atom is -0.268 e. The Morgan fingerprint density at radius 2 is 1.92 bits per heavy atom. The first-order chi connectivity index (χ1) is 6.17. The number of nitrogens with two attached hydrogens (primary N) is 1. The molecule has 0 rings (SSSR count). The van der Waals surface area contributed by atoms with Gasteiger partial charge in [-0.3, -0.25) is 5.84 Å². The molecule has 0 aromatic rings. The maximum absolute atomic E-state index is 5.94. The first kappa shape index (κ1) is 12.7. The molecule has 0 spiro atoms. The Hall–Kier alpha value is -0.340. The van der Waals surface area contributed by atoms with Gasteiger partial charge in [0.05, 0.1) is 0 Å². The zero-order valence-corrected chi connectivity index (χ0v) is 9.34. The van der Waals surface area contributed by atoms with Crippen LogP contribution in [0.15, 0.2) is 12.2 Å². The van der Waals surface area contributed by atoms with Gasteiger partial charge >= 0.3 is 0 Å². The van der Waals surface area contributed by atoms with E-state index in [2.05, 4.69) is 27.4 Å². The molecule has 1 atom stereocenters. The highest BCUT2D eigenvalue weighted by molar-refractivity contribution is 5.04. The second-order valence-corrected chi connectivity index (χ2v) is 3.57. The molecule has 0 saturated heterocycles. The van der Waals surface area contributed by atoms with E-state index in [-0.39, 0.29) is 0 Å². The fourth-order valence-corrected chi connectivity index (χ4v) is 1.66. The average molecular weight is 184 g/mol. The lowest BCUT2D eigenvalue weighted by atomic mass is 10.0. The molecule has 0 aromatic heterocycles. The zero-order valence-electron chi connectivity index (χ0n) is 9.34. The molecule has 0 saturated carbocycles. The highest BCUT2D eigenvalue weighted by Crippen LogP contribution is 2.14. The highest BCUT2D eigenvalue weighted by Gasteiger charge is 2.14. The van der Waals surface area contributed by atoms with Gasteiger partial charge in [-0.05, 0) is 19.3 Å². The summed E-state index contributed by atoms with van der Waals surface area (Å²) in [4.78, 5) is 0. The number of hydrogen-bond donors (Lipinski definition) is 1. The van der Waals surface area contributed by atoms with Crippen molar-refractivity contribution in [2.45, 2.75) is 52.5 Å². The van der Waals surface area contributed by atoms with Gasteiger partial charge in [-0.15, -0.1) is 0 Å². The quantitative estimate of drug-likeness (QED) is 0.374. The van der Waals surface area contributed by atoms with Crippen molar-refractivity contribution in [3.05, 3.63) is 12.2 Å². The Kier molecular flexibility index (Phi) is 6.92. The molecular weight excluding hydrogens is 160 g/mol. The molecule has 0 heterocycles. The first-order valence-corrected chi connectivity index (χ1v) is 5.36. The Bertz CT molecular complexity index is 143. The topological polar surface area (TPSA) is 29.3 Å². The Morgan fingerprint density at radius 1 is 1.31 bits per heavy atom. The van der Waals surface area contributed by atoms with Crippen molar-refractivity contribution in [3.63, 3.8) is 0 Å². The molecule has 0 amide bonds. The van der Waals surface area contributed by atoms with Crippen LogP contribution in [0, 0.1) is 0 Å². The highest BCUT2D eigenvalue weighted by atomic mass is 15.4. The maximum Gasteiger partial charge on any atom is 0.0445 e. The van der Waals surface area contributed by atoms with Crippen molar-refractivity contribution >= 4 is 0 Å². The van der Waals surface area contributed by atoms with Gasteiger partial charge < -0.3 is 0 Å². The van der Waals surface area contributed by atoms with Crippen LogP contribution in [0.25, 0.3) is 0 Å². The molecule has 0 aliphatic carbocycles. The summed E-state index contributed by atoms with van der Waals surface area (Å²) in [6.07, 6.45) is 4.42. The Labute approximate surface area is 82.8 Å². The van der Waals surface area contributed by atoms with Crippen molar-refractivity contribution in [3.8, 4) is 0 Å². The summed E-state index contributed by atoms with van der Waals surface area (Å²) >= 11 is 0. The lowest BCUT2D eigenvalue weighted by Gasteiger charge is -2.27. The van der Waals surface area contributed by atoms with E-state index < -0.39 is 0 Å². The molecule has 0 aliphatic heterocycles. The number of hydrazine groups is 1. The summed E-state index contributed by atoms with van der Waals surface area (Å²) in [7, 11) is 0. The smallest absolute Gasteiger partial charge is 0.0445 e. The molecule has 0 fully saturated rings. The first-order valence-electron chi connectivity index (χ1n) is 5.36. The molecule has 0 aliphatic rings. The summed E-state index contributed by atoms with van der Waals surface area (Å²) in [6.45, 7) is 11.6. The SMILES string of the molecule is C=C(CCC)C(CC)N(N)CCC. The summed E-state index contributed by atoms with van der Waals surface area (Å²) in [5.74, 6) is 5.94. The summed E-state index contributed by atoms with van der Waals surface area (Å²) in [6, 6.07) is 0.375. The molecule has 2 nitrogen and oxygen atoms in total. The maximum atomic E-state index is 5.94. The molecule has 13 heavy (non-hydrogen) atoms. The van der Waals surface area contributed by atoms with E-state index in [9.17, 15) is 0 Å². The average Bonchev–Trinajstić information content (AvgIpc) is 2.06. The summed E-state index contributed by atoms with van der Waals surface area (Å²) in [5, 5.41) is 1.93. The van der Waals surface area contributed by atoms with Crippen molar-refractivity contribution < 1.29 is 0 Å². The molecular formula is C11H24N2. The van der Waals surface area contributed by atoms with Crippen molar-refractivity contribution in [2.75, 3.05) is 6.54 Å². The van der Waals surface area contributed by atoms with Gasteiger partial charge in [-0.25, -0.2) is 5.01 Å². The van der Waals surface area contributed by atoms with Gasteiger partial charge in [0.25, 0.3) is 0 Å². The van der Waals surface area contributed by atoms with Crippen LogP contribution in [-0.2, 0) is 0 Å². The fourth-order valence-electron chi connectivity index (χ4n) is 1.66. The largest absolute Gasteiger partial charge is 0.268 e. The third kappa shape index (κ3) is 4.44. The summed E-state index contributed by atoms with van der Waals surface area (Å²) < 4.78 is 0. The third-order valence-electron chi connectivity index (χ3n) is 2.31. The number of nitrogens with zero attached hydrogens (tertiary/aromatic N) is 1. The van der Waals surface area contributed by atoms with Gasteiger partial charge in [0.1, 0.15) is 0 Å². The van der Waals surface area contributed by atoms with Crippen LogP contribution in [0.4, 0.5) is 0 Å². The van der Waals surface area contributed by atoms with Gasteiger partial charge in [0.2, 0.25) is 0 Å². The van der Waals surface area contributed by atoms with E-state index in [1.165, 1.54) is 5.57 Å². The molecule has 0 bridgehead atoms. The predicted octanol–water partition coefficient (Wildman–Crippen LogP) is 2.71. The minimum absolute atomic E-state index is 0.375. The minimum atomic E-state index is 0.375. The van der Waals surface area contributed by atoms with Crippen molar-refractivity contribution in [2.24, 2.45) is 5.84 Å². The van der Waals surface area contributed by atoms with E-state index in [4.69, 9.17) is 5.84 Å². The van der Waals surface area contributed by atoms with E-state index in [0.29, 0.717) is 6.04 Å². The molecule has 1 unspecified atom stereocenters. The Balaban J connectivity index is 4.06. The second kappa shape index (κ2) is 7.10. The predicted molar refractivity (Wildman–Crippen MR) is 59.3 cm³/mol. The lowest BCUT2D eigenvalue weighted by molar-refractivity contribution is 0.218. The summed E-state index contributed by atoms with van der Waals surface area (Å²) in [5.41, 5.74) is 1.28. The van der Waals surface area contributed by atoms with Crippen LogP contribution >= 0.6 is 0 Å². The van der Waals surface area contributed by atoms with Crippen molar-refractivity contribution in [1.29, 1.82) is 0 Å². The monoisotopic (exact) mass is 184 g/mol. The van der Waals surface area contributed by atoms with E-state index in [1.54, 1.807) is 0 Å². The normalized spacial score (nSPS) is 13.3. The second-order valence-electron chi connectivity index (χ2n) is 3.57. The third-order valence-corrected chi connectivity index (χ3v) is 2.31. The van der Waals surface area contributed by atoms with Gasteiger partial charge in [-0.2, -0.15) is 0 Å². The van der Waals surface area contributed by atoms with Crippen LogP contribution in [0.3, 0.4) is 0 Å². The molecule has 2 N–H and O–H groups in total. The van der Waals surface area contributed by atoms with E-state index >= 15 is 0 Å². The molecule has 2 heteroatoms. The van der Waals surface area contributed by atoms with Gasteiger partial charge in [-0.1, -0.05) is 39.3 Å². The standard InChI is InChI=1S/C11H24N2/c1-5-8-10(4)11(7-3)13(12)9-6-2/h11H,4-9,12H2,1-3H3. The van der Waals surface area contributed by atoms with E-state index in [0.717, 1.165) is 32.2 Å². The molecule has 0 radical (unpaired) electrons. The van der Waals surface area contributed by atoms with Crippen LogP contribution in [0.1, 0.15) is 46.5 Å². The van der Waals surface area contributed by atoms with Crippen LogP contribution in [-0.4, -0.2) is 17.6 Å². The van der Waals surface area contributed by atoms with Gasteiger partial charge in [0, 0.05) is 12.6 Å². The fraction of sp³-hybridized carbons (Fsp3) is 0.818. The lowest BCUT2D eigenvalue weighted by Crippen LogP contribution is -2.42. The van der Waals surface area contributed by atoms with Crippen molar-refractivity contribution in [1.82, 2.24) is 5.01 Å². The Morgan fingerprint density at radius 3 is 2.31 bits per heavy atom.